The number of hydrogen-bond donors (Lipinski definition) is 0. The van der Waals surface area contributed by atoms with Gasteiger partial charge in [0.15, 0.2) is 11.4 Å². The Labute approximate surface area is 146 Å². The second kappa shape index (κ2) is 5.95. The Kier molecular flexibility index (Phi) is 4.10. The lowest BCUT2D eigenvalue weighted by Gasteiger charge is -2.39. The standard InChI is InChI=1S/C19H18ClNO3/c1-12(22)14-6-9-17-16(10-14)21(18(23)19(2,3)24-17)11-13-4-7-15(20)8-5-13/h4-10H,11H2,1-3H3. The van der Waals surface area contributed by atoms with E-state index in [0.29, 0.717) is 28.6 Å². The first-order valence-corrected chi connectivity index (χ1v) is 8.06. The number of hydrogen-bond acceptors (Lipinski definition) is 3. The van der Waals surface area contributed by atoms with E-state index in [1.54, 1.807) is 49.1 Å². The van der Waals surface area contributed by atoms with Crippen molar-refractivity contribution in [3.63, 3.8) is 0 Å². The van der Waals surface area contributed by atoms with Crippen LogP contribution in [0.1, 0.15) is 36.7 Å². The molecule has 1 amide bonds. The molecule has 1 aliphatic rings. The summed E-state index contributed by atoms with van der Waals surface area (Å²) in [6.45, 7) is 5.37. The Morgan fingerprint density at radius 3 is 2.46 bits per heavy atom. The summed E-state index contributed by atoms with van der Waals surface area (Å²) in [7, 11) is 0. The van der Waals surface area contributed by atoms with Gasteiger partial charge >= 0.3 is 0 Å². The Morgan fingerprint density at radius 1 is 1.17 bits per heavy atom. The van der Waals surface area contributed by atoms with Crippen molar-refractivity contribution in [2.45, 2.75) is 32.9 Å². The Hall–Kier alpha value is -2.33. The summed E-state index contributed by atoms with van der Waals surface area (Å²) >= 11 is 5.93. The van der Waals surface area contributed by atoms with Crippen molar-refractivity contribution in [3.05, 3.63) is 58.6 Å². The van der Waals surface area contributed by atoms with Gasteiger partial charge in [0.1, 0.15) is 5.75 Å². The van der Waals surface area contributed by atoms with Crippen LogP contribution >= 0.6 is 11.6 Å². The first-order valence-electron chi connectivity index (χ1n) is 7.68. The number of benzene rings is 2. The zero-order chi connectivity index (χ0) is 17.5. The summed E-state index contributed by atoms with van der Waals surface area (Å²) in [6, 6.07) is 12.5. The number of halogens is 1. The maximum absolute atomic E-state index is 12.9. The molecule has 0 saturated heterocycles. The smallest absolute Gasteiger partial charge is 0.271 e. The van der Waals surface area contributed by atoms with Crippen molar-refractivity contribution in [1.29, 1.82) is 0 Å². The number of ether oxygens (including phenoxy) is 1. The second-order valence-corrected chi connectivity index (χ2v) is 6.81. The van der Waals surface area contributed by atoms with Crippen molar-refractivity contribution in [3.8, 4) is 5.75 Å². The molecular formula is C19H18ClNO3. The zero-order valence-electron chi connectivity index (χ0n) is 13.8. The highest BCUT2D eigenvalue weighted by molar-refractivity contribution is 6.30. The number of nitrogens with zero attached hydrogens (tertiary/aromatic N) is 1. The van der Waals surface area contributed by atoms with Crippen LogP contribution < -0.4 is 9.64 Å². The number of anilines is 1. The van der Waals surface area contributed by atoms with Gasteiger partial charge in [-0.3, -0.25) is 9.59 Å². The SMILES string of the molecule is CC(=O)c1ccc2c(c1)N(Cc1ccc(Cl)cc1)C(=O)C(C)(C)O2. The lowest BCUT2D eigenvalue weighted by molar-refractivity contribution is -0.132. The molecule has 24 heavy (non-hydrogen) atoms. The van der Waals surface area contributed by atoms with Crippen LogP contribution in [0.4, 0.5) is 5.69 Å². The largest absolute Gasteiger partial charge is 0.476 e. The Balaban J connectivity index is 2.05. The van der Waals surface area contributed by atoms with Crippen LogP contribution in [-0.2, 0) is 11.3 Å². The van der Waals surface area contributed by atoms with Gasteiger partial charge in [0.25, 0.3) is 5.91 Å². The quantitative estimate of drug-likeness (QED) is 0.783. The van der Waals surface area contributed by atoms with Crippen molar-refractivity contribution < 1.29 is 14.3 Å². The van der Waals surface area contributed by atoms with Gasteiger partial charge in [-0.2, -0.15) is 0 Å². The third kappa shape index (κ3) is 3.02. The fraction of sp³-hybridized carbons (Fsp3) is 0.263. The van der Waals surface area contributed by atoms with Gasteiger partial charge in [-0.25, -0.2) is 0 Å². The van der Waals surface area contributed by atoms with Gasteiger partial charge in [0.05, 0.1) is 12.2 Å². The number of carbonyl (C=O) groups excluding carboxylic acids is 2. The van der Waals surface area contributed by atoms with Gasteiger partial charge in [0.2, 0.25) is 0 Å². The van der Waals surface area contributed by atoms with Crippen LogP contribution in [0.5, 0.6) is 5.75 Å². The third-order valence-electron chi connectivity index (χ3n) is 4.04. The molecule has 5 heteroatoms. The van der Waals surface area contributed by atoms with E-state index in [-0.39, 0.29) is 11.7 Å². The molecule has 0 N–H and O–H groups in total. The van der Waals surface area contributed by atoms with Crippen molar-refractivity contribution in [2.24, 2.45) is 0 Å². The summed E-state index contributed by atoms with van der Waals surface area (Å²) < 4.78 is 5.83. The number of ketones is 1. The van der Waals surface area contributed by atoms with Gasteiger partial charge < -0.3 is 9.64 Å². The molecule has 0 fully saturated rings. The fourth-order valence-electron chi connectivity index (χ4n) is 2.72. The first-order chi connectivity index (χ1) is 11.3. The molecule has 1 aliphatic heterocycles. The highest BCUT2D eigenvalue weighted by Crippen LogP contribution is 2.39. The molecule has 124 valence electrons. The van der Waals surface area contributed by atoms with E-state index >= 15 is 0 Å². The van der Waals surface area contributed by atoms with E-state index in [0.717, 1.165) is 5.56 Å². The molecule has 4 nitrogen and oxygen atoms in total. The Morgan fingerprint density at radius 2 is 1.83 bits per heavy atom. The minimum absolute atomic E-state index is 0.0541. The van der Waals surface area contributed by atoms with E-state index in [2.05, 4.69) is 0 Å². The summed E-state index contributed by atoms with van der Waals surface area (Å²) in [4.78, 5) is 26.2. The van der Waals surface area contributed by atoms with Crippen LogP contribution in [0.3, 0.4) is 0 Å². The summed E-state index contributed by atoms with van der Waals surface area (Å²) in [5.74, 6) is 0.394. The molecule has 3 rings (SSSR count). The van der Waals surface area contributed by atoms with Crippen molar-refractivity contribution >= 4 is 29.0 Å². The molecule has 2 aromatic rings. The van der Waals surface area contributed by atoms with Gasteiger partial charge in [-0.05, 0) is 56.7 Å². The van der Waals surface area contributed by atoms with E-state index in [1.807, 2.05) is 12.1 Å². The van der Waals surface area contributed by atoms with E-state index in [4.69, 9.17) is 16.3 Å². The highest BCUT2D eigenvalue weighted by Gasteiger charge is 2.41. The molecule has 2 aromatic carbocycles. The van der Waals surface area contributed by atoms with Gasteiger partial charge in [0, 0.05) is 10.6 Å². The minimum Gasteiger partial charge on any atom is -0.476 e. The number of rotatable bonds is 3. The number of carbonyl (C=O) groups is 2. The predicted octanol–water partition coefficient (Wildman–Crippen LogP) is 4.25. The maximum Gasteiger partial charge on any atom is 0.271 e. The normalized spacial score (nSPS) is 15.7. The number of fused-ring (bicyclic) bond motifs is 1. The van der Waals surface area contributed by atoms with Crippen LogP contribution in [0.2, 0.25) is 5.02 Å². The first kappa shape index (κ1) is 16.5. The molecule has 0 aliphatic carbocycles. The maximum atomic E-state index is 12.9. The van der Waals surface area contributed by atoms with Crippen molar-refractivity contribution in [1.82, 2.24) is 0 Å². The zero-order valence-corrected chi connectivity index (χ0v) is 14.6. The van der Waals surface area contributed by atoms with E-state index in [1.165, 1.54) is 6.92 Å². The summed E-state index contributed by atoms with van der Waals surface area (Å²) in [5, 5.41) is 0.645. The van der Waals surface area contributed by atoms with E-state index in [9.17, 15) is 9.59 Å². The van der Waals surface area contributed by atoms with Gasteiger partial charge in [-0.1, -0.05) is 23.7 Å². The molecule has 0 atom stereocenters. The minimum atomic E-state index is -0.961. The third-order valence-corrected chi connectivity index (χ3v) is 4.29. The average Bonchev–Trinajstić information content (AvgIpc) is 2.53. The molecule has 0 radical (unpaired) electrons. The summed E-state index contributed by atoms with van der Waals surface area (Å²) in [5.41, 5.74) is 1.15. The predicted molar refractivity (Wildman–Crippen MR) is 93.8 cm³/mol. The molecule has 0 aromatic heterocycles. The van der Waals surface area contributed by atoms with Crippen LogP contribution in [0.15, 0.2) is 42.5 Å². The topological polar surface area (TPSA) is 46.6 Å². The molecule has 1 heterocycles. The van der Waals surface area contributed by atoms with Crippen LogP contribution in [0.25, 0.3) is 0 Å². The van der Waals surface area contributed by atoms with E-state index < -0.39 is 5.60 Å². The van der Waals surface area contributed by atoms with Crippen LogP contribution in [-0.4, -0.2) is 17.3 Å². The number of Topliss-reactive ketones (excluding diaryl/α,β-unsaturated/α-hetero) is 1. The van der Waals surface area contributed by atoms with Gasteiger partial charge in [-0.15, -0.1) is 0 Å². The monoisotopic (exact) mass is 343 g/mol. The molecular weight excluding hydrogens is 326 g/mol. The number of amides is 1. The highest BCUT2D eigenvalue weighted by atomic mass is 35.5. The van der Waals surface area contributed by atoms with Crippen molar-refractivity contribution in [2.75, 3.05) is 4.90 Å². The fourth-order valence-corrected chi connectivity index (χ4v) is 2.84. The lowest BCUT2D eigenvalue weighted by Crippen LogP contribution is -2.52. The summed E-state index contributed by atoms with van der Waals surface area (Å²) in [6.07, 6.45) is 0. The average molecular weight is 344 g/mol. The molecule has 0 saturated carbocycles. The lowest BCUT2D eigenvalue weighted by atomic mass is 10.0. The second-order valence-electron chi connectivity index (χ2n) is 6.37. The molecule has 0 spiro atoms. The van der Waals surface area contributed by atoms with Crippen LogP contribution in [0, 0.1) is 0 Å². The molecule has 0 unspecified atom stereocenters. The molecule has 0 bridgehead atoms. The Bertz CT molecular complexity index is 812.